The first-order chi connectivity index (χ1) is 14.1. The highest BCUT2D eigenvalue weighted by Crippen LogP contribution is 2.33. The molecule has 0 aliphatic carbocycles. The lowest BCUT2D eigenvalue weighted by Crippen LogP contribution is -2.40. The Hall–Kier alpha value is -3.42. The molecular weight excluding hydrogens is 376 g/mol. The summed E-state index contributed by atoms with van der Waals surface area (Å²) in [6.45, 7) is 1.29. The Morgan fingerprint density at radius 2 is 1.86 bits per heavy atom. The van der Waals surface area contributed by atoms with Crippen molar-refractivity contribution in [2.75, 3.05) is 27.0 Å². The van der Waals surface area contributed by atoms with Gasteiger partial charge in [-0.3, -0.25) is 9.36 Å². The number of piperidine rings is 1. The van der Waals surface area contributed by atoms with Crippen LogP contribution in [0.1, 0.15) is 29.2 Å². The van der Waals surface area contributed by atoms with Crippen molar-refractivity contribution in [3.8, 4) is 17.2 Å². The second-order valence-electron chi connectivity index (χ2n) is 7.16. The normalized spacial score (nSPS) is 16.4. The first-order valence-electron chi connectivity index (χ1n) is 9.52. The largest absolute Gasteiger partial charge is 0.497 e. The van der Waals surface area contributed by atoms with E-state index < -0.39 is 0 Å². The molecule has 1 saturated heterocycles. The highest BCUT2D eigenvalue weighted by molar-refractivity contribution is 5.95. The molecule has 5 rings (SSSR count). The third kappa shape index (κ3) is 3.00. The lowest BCUT2D eigenvalue weighted by molar-refractivity contribution is 0.0693. The zero-order chi connectivity index (χ0) is 20.0. The van der Waals surface area contributed by atoms with Crippen LogP contribution in [0.15, 0.2) is 45.6 Å². The van der Waals surface area contributed by atoms with Crippen LogP contribution in [0.2, 0.25) is 0 Å². The number of fused-ring (bicyclic) bond motifs is 2. The highest BCUT2D eigenvalue weighted by atomic mass is 16.7. The molecule has 0 saturated carbocycles. The third-order valence-corrected chi connectivity index (χ3v) is 5.56. The molecule has 1 amide bonds. The molecule has 29 heavy (non-hydrogen) atoms. The van der Waals surface area contributed by atoms with Gasteiger partial charge in [-0.2, -0.15) is 0 Å². The molecule has 0 atom stereocenters. The Bertz CT molecular complexity index is 1140. The summed E-state index contributed by atoms with van der Waals surface area (Å²) < 4.78 is 23.0. The van der Waals surface area contributed by atoms with E-state index in [1.807, 2.05) is 11.0 Å². The van der Waals surface area contributed by atoms with E-state index >= 15 is 0 Å². The van der Waals surface area contributed by atoms with Gasteiger partial charge in [-0.15, -0.1) is 0 Å². The first kappa shape index (κ1) is 17.7. The van der Waals surface area contributed by atoms with Crippen LogP contribution in [-0.2, 0) is 0 Å². The van der Waals surface area contributed by atoms with Crippen molar-refractivity contribution in [1.82, 2.24) is 9.47 Å². The molecule has 1 fully saturated rings. The summed E-state index contributed by atoms with van der Waals surface area (Å²) in [6, 6.07) is 10.5. The maximum atomic E-state index is 12.9. The number of likely N-dealkylation sites (tertiary alicyclic amines) is 1. The van der Waals surface area contributed by atoms with Crippen LogP contribution in [0, 0.1) is 0 Å². The minimum absolute atomic E-state index is 0.0309. The van der Waals surface area contributed by atoms with E-state index in [1.165, 1.54) is 0 Å². The van der Waals surface area contributed by atoms with Gasteiger partial charge in [-0.1, -0.05) is 0 Å². The van der Waals surface area contributed by atoms with Crippen molar-refractivity contribution in [1.29, 1.82) is 0 Å². The van der Waals surface area contributed by atoms with Crippen molar-refractivity contribution < 1.29 is 23.4 Å². The quantitative estimate of drug-likeness (QED) is 0.677. The second kappa shape index (κ2) is 6.88. The molecule has 2 aliphatic heterocycles. The minimum atomic E-state index is -0.381. The zero-order valence-corrected chi connectivity index (χ0v) is 15.9. The van der Waals surface area contributed by atoms with Crippen LogP contribution in [0.3, 0.4) is 0 Å². The van der Waals surface area contributed by atoms with E-state index in [-0.39, 0.29) is 24.5 Å². The van der Waals surface area contributed by atoms with Gasteiger partial charge in [0.15, 0.2) is 17.1 Å². The molecule has 0 radical (unpaired) electrons. The first-order valence-corrected chi connectivity index (χ1v) is 9.52. The maximum absolute atomic E-state index is 12.9. The molecule has 0 N–H and O–H groups in total. The SMILES string of the molecule is COc1ccc2oc(=O)n(C3CCN(C(=O)c4ccc5c(c4)OCO5)CC3)c2c1. The van der Waals surface area contributed by atoms with Crippen LogP contribution in [0.5, 0.6) is 17.2 Å². The summed E-state index contributed by atoms with van der Waals surface area (Å²) in [4.78, 5) is 27.1. The number of aromatic nitrogens is 1. The molecule has 0 spiro atoms. The Labute approximate surface area is 166 Å². The maximum Gasteiger partial charge on any atom is 0.420 e. The van der Waals surface area contributed by atoms with E-state index in [0.29, 0.717) is 54.3 Å². The number of hydrogen-bond acceptors (Lipinski definition) is 6. The zero-order valence-electron chi connectivity index (χ0n) is 15.9. The van der Waals surface area contributed by atoms with Gasteiger partial charge in [0.25, 0.3) is 5.91 Å². The fraction of sp³-hybridized carbons (Fsp3) is 0.333. The number of rotatable bonds is 3. The fourth-order valence-corrected chi connectivity index (χ4v) is 4.03. The van der Waals surface area contributed by atoms with E-state index in [2.05, 4.69) is 0 Å². The number of carbonyl (C=O) groups excluding carboxylic acids is 1. The van der Waals surface area contributed by atoms with E-state index in [1.54, 1.807) is 42.0 Å². The second-order valence-corrected chi connectivity index (χ2v) is 7.16. The van der Waals surface area contributed by atoms with Gasteiger partial charge in [-0.05, 0) is 43.2 Å². The lowest BCUT2D eigenvalue weighted by Gasteiger charge is -2.32. The number of oxazole rings is 1. The van der Waals surface area contributed by atoms with Crippen molar-refractivity contribution in [2.24, 2.45) is 0 Å². The number of methoxy groups -OCH3 is 1. The van der Waals surface area contributed by atoms with Crippen molar-refractivity contribution in [3.63, 3.8) is 0 Å². The third-order valence-electron chi connectivity index (χ3n) is 5.56. The Morgan fingerprint density at radius 3 is 2.66 bits per heavy atom. The van der Waals surface area contributed by atoms with Crippen molar-refractivity contribution >= 4 is 17.0 Å². The molecule has 1 aromatic heterocycles. The van der Waals surface area contributed by atoms with Crippen LogP contribution in [-0.4, -0.2) is 42.4 Å². The summed E-state index contributed by atoms with van der Waals surface area (Å²) in [5, 5.41) is 0. The molecule has 2 aliphatic rings. The fourth-order valence-electron chi connectivity index (χ4n) is 4.03. The molecule has 3 heterocycles. The number of ether oxygens (including phenoxy) is 3. The van der Waals surface area contributed by atoms with Gasteiger partial charge in [-0.25, -0.2) is 4.79 Å². The van der Waals surface area contributed by atoms with Crippen molar-refractivity contribution in [3.05, 3.63) is 52.5 Å². The average Bonchev–Trinajstić information content (AvgIpc) is 3.35. The van der Waals surface area contributed by atoms with Crippen molar-refractivity contribution in [2.45, 2.75) is 18.9 Å². The monoisotopic (exact) mass is 396 g/mol. The number of hydrogen-bond donors (Lipinski definition) is 0. The summed E-state index contributed by atoms with van der Waals surface area (Å²) in [5.74, 6) is 1.49. The predicted octanol–water partition coefficient (Wildman–Crippen LogP) is 2.81. The average molecular weight is 396 g/mol. The smallest absolute Gasteiger partial charge is 0.420 e. The van der Waals surface area contributed by atoms with E-state index in [4.69, 9.17) is 18.6 Å². The molecule has 8 nitrogen and oxygen atoms in total. The number of benzene rings is 2. The molecular formula is C21H20N2O6. The van der Waals surface area contributed by atoms with Crippen LogP contribution >= 0.6 is 0 Å². The Kier molecular flexibility index (Phi) is 4.19. The molecule has 2 aromatic carbocycles. The van der Waals surface area contributed by atoms with Gasteiger partial charge in [0, 0.05) is 30.8 Å². The molecule has 150 valence electrons. The summed E-state index contributed by atoms with van der Waals surface area (Å²) in [7, 11) is 1.59. The van der Waals surface area contributed by atoms with E-state index in [0.717, 1.165) is 5.52 Å². The van der Waals surface area contributed by atoms with Gasteiger partial charge >= 0.3 is 5.76 Å². The Morgan fingerprint density at radius 1 is 1.07 bits per heavy atom. The topological polar surface area (TPSA) is 83.1 Å². The van der Waals surface area contributed by atoms with Gasteiger partial charge in [0.1, 0.15) is 5.75 Å². The van der Waals surface area contributed by atoms with Gasteiger partial charge < -0.3 is 23.5 Å². The lowest BCUT2D eigenvalue weighted by atomic mass is 10.0. The van der Waals surface area contributed by atoms with Gasteiger partial charge in [0.05, 0.1) is 12.6 Å². The number of amides is 1. The molecule has 0 unspecified atom stereocenters. The Balaban J connectivity index is 1.34. The van der Waals surface area contributed by atoms with Crippen LogP contribution in [0.25, 0.3) is 11.1 Å². The highest BCUT2D eigenvalue weighted by Gasteiger charge is 2.28. The molecule has 3 aromatic rings. The standard InChI is InChI=1S/C21H20N2O6/c1-26-15-3-5-17-16(11-15)23(21(25)29-17)14-6-8-22(9-7-14)20(24)13-2-4-18-19(10-13)28-12-27-18/h2-5,10-11,14H,6-9,12H2,1H3. The summed E-state index contributed by atoms with van der Waals surface area (Å²) in [5.41, 5.74) is 1.83. The summed E-state index contributed by atoms with van der Waals surface area (Å²) >= 11 is 0. The van der Waals surface area contributed by atoms with E-state index in [9.17, 15) is 9.59 Å². The minimum Gasteiger partial charge on any atom is -0.497 e. The van der Waals surface area contributed by atoms with Crippen LogP contribution < -0.4 is 20.0 Å². The van der Waals surface area contributed by atoms with Crippen LogP contribution in [0.4, 0.5) is 0 Å². The number of nitrogens with zero attached hydrogens (tertiary/aromatic N) is 2. The predicted molar refractivity (Wildman–Crippen MR) is 104 cm³/mol. The van der Waals surface area contributed by atoms with Gasteiger partial charge in [0.2, 0.25) is 6.79 Å². The molecule has 8 heteroatoms. The number of carbonyl (C=O) groups is 1. The summed E-state index contributed by atoms with van der Waals surface area (Å²) in [6.07, 6.45) is 1.34. The molecule has 0 bridgehead atoms.